The summed E-state index contributed by atoms with van der Waals surface area (Å²) in [4.78, 5) is 13.3. The van der Waals surface area contributed by atoms with Crippen LogP contribution in [0.3, 0.4) is 0 Å². The normalized spacial score (nSPS) is 11.8. The Morgan fingerprint density at radius 3 is 2.48 bits per heavy atom. The number of quaternary nitrogens is 1. The van der Waals surface area contributed by atoms with Gasteiger partial charge in [-0.1, -0.05) is 18.2 Å². The summed E-state index contributed by atoms with van der Waals surface area (Å²) in [6, 6.07) is 14.0. The van der Waals surface area contributed by atoms with Crippen LogP contribution in [-0.4, -0.2) is 26.6 Å². The van der Waals surface area contributed by atoms with Crippen LogP contribution in [-0.2, 0) is 11.3 Å². The third kappa shape index (κ3) is 5.42. The molecule has 2 N–H and O–H groups in total. The Morgan fingerprint density at radius 1 is 1.13 bits per heavy atom. The second-order valence-electron chi connectivity index (χ2n) is 6.09. The Kier molecular flexibility index (Phi) is 5.77. The highest BCUT2D eigenvalue weighted by molar-refractivity contribution is 5.91. The van der Waals surface area contributed by atoms with E-state index in [1.54, 1.807) is 7.11 Å². The van der Waals surface area contributed by atoms with Crippen LogP contribution in [0.15, 0.2) is 42.5 Å². The fraction of sp³-hybridized carbons (Fsp3) is 0.316. The maximum absolute atomic E-state index is 12.2. The number of nitrogens with one attached hydrogen (secondary N) is 2. The maximum Gasteiger partial charge on any atom is 0.279 e. The van der Waals surface area contributed by atoms with E-state index in [0.717, 1.165) is 39.6 Å². The van der Waals surface area contributed by atoms with Crippen molar-refractivity contribution in [1.29, 1.82) is 0 Å². The monoisotopic (exact) mass is 313 g/mol. The molecule has 0 bridgehead atoms. The Bertz CT molecular complexity index is 663. The van der Waals surface area contributed by atoms with Gasteiger partial charge in [0.2, 0.25) is 0 Å². The molecule has 0 aliphatic heterocycles. The first-order chi connectivity index (χ1) is 11.0. The molecule has 2 aromatic rings. The highest BCUT2D eigenvalue weighted by atomic mass is 16.5. The highest BCUT2D eigenvalue weighted by Crippen LogP contribution is 2.13. The van der Waals surface area contributed by atoms with Crippen LogP contribution in [0.2, 0.25) is 0 Å². The average Bonchev–Trinajstić information content (AvgIpc) is 2.45. The molecule has 4 heteroatoms. The molecule has 0 fully saturated rings. The van der Waals surface area contributed by atoms with Gasteiger partial charge in [0.05, 0.1) is 14.2 Å². The molecule has 2 aromatic carbocycles. The molecule has 1 atom stereocenters. The van der Waals surface area contributed by atoms with Crippen molar-refractivity contribution in [3.8, 4) is 5.75 Å². The van der Waals surface area contributed by atoms with Crippen molar-refractivity contribution in [2.45, 2.75) is 20.4 Å². The van der Waals surface area contributed by atoms with Gasteiger partial charge < -0.3 is 15.0 Å². The van der Waals surface area contributed by atoms with Crippen LogP contribution in [0.5, 0.6) is 5.75 Å². The van der Waals surface area contributed by atoms with E-state index in [1.165, 1.54) is 0 Å². The van der Waals surface area contributed by atoms with Crippen molar-refractivity contribution in [2.24, 2.45) is 0 Å². The first kappa shape index (κ1) is 17.0. The number of amides is 1. The van der Waals surface area contributed by atoms with Crippen molar-refractivity contribution >= 4 is 11.6 Å². The lowest BCUT2D eigenvalue weighted by Crippen LogP contribution is -3.08. The van der Waals surface area contributed by atoms with Crippen molar-refractivity contribution < 1.29 is 14.4 Å². The zero-order valence-corrected chi connectivity index (χ0v) is 14.3. The quantitative estimate of drug-likeness (QED) is 0.856. The van der Waals surface area contributed by atoms with Crippen molar-refractivity contribution in [3.63, 3.8) is 0 Å². The fourth-order valence-electron chi connectivity index (χ4n) is 2.72. The lowest BCUT2D eigenvalue weighted by Gasteiger charge is -2.15. The van der Waals surface area contributed by atoms with E-state index in [4.69, 9.17) is 4.74 Å². The predicted molar refractivity (Wildman–Crippen MR) is 93.0 cm³/mol. The van der Waals surface area contributed by atoms with E-state index in [1.807, 2.05) is 57.3 Å². The molecule has 0 saturated heterocycles. The molecule has 0 aromatic heterocycles. The van der Waals surface area contributed by atoms with Crippen molar-refractivity contribution in [1.82, 2.24) is 0 Å². The number of hydrogen-bond donors (Lipinski definition) is 2. The number of aryl methyl sites for hydroxylation is 2. The van der Waals surface area contributed by atoms with Crippen LogP contribution in [0, 0.1) is 13.8 Å². The molecule has 0 spiro atoms. The third-order valence-corrected chi connectivity index (χ3v) is 3.61. The molecule has 23 heavy (non-hydrogen) atoms. The Labute approximate surface area is 138 Å². The second-order valence-corrected chi connectivity index (χ2v) is 6.09. The largest absolute Gasteiger partial charge is 0.497 e. The Balaban J connectivity index is 1.91. The lowest BCUT2D eigenvalue weighted by molar-refractivity contribution is -0.885. The first-order valence-corrected chi connectivity index (χ1v) is 7.78. The summed E-state index contributed by atoms with van der Waals surface area (Å²) in [6.07, 6.45) is 0. The number of likely N-dealkylation sites (N-methyl/N-ethyl adjacent to an activating group) is 1. The molecule has 2 rings (SSSR count). The zero-order chi connectivity index (χ0) is 16.8. The summed E-state index contributed by atoms with van der Waals surface area (Å²) in [5, 5.41) is 2.98. The number of ether oxygens (including phenoxy) is 1. The summed E-state index contributed by atoms with van der Waals surface area (Å²) >= 11 is 0. The molecule has 0 aliphatic rings. The zero-order valence-electron chi connectivity index (χ0n) is 14.3. The Morgan fingerprint density at radius 2 is 1.83 bits per heavy atom. The number of carbonyl (C=O) groups excluding carboxylic acids is 1. The third-order valence-electron chi connectivity index (χ3n) is 3.61. The number of rotatable bonds is 6. The molecule has 4 nitrogen and oxygen atoms in total. The van der Waals surface area contributed by atoms with Gasteiger partial charge in [0.25, 0.3) is 5.91 Å². The minimum atomic E-state index is 0.0235. The van der Waals surface area contributed by atoms with Gasteiger partial charge in [0, 0.05) is 11.3 Å². The Hall–Kier alpha value is -2.33. The summed E-state index contributed by atoms with van der Waals surface area (Å²) in [7, 11) is 3.67. The molecule has 0 radical (unpaired) electrons. The van der Waals surface area contributed by atoms with Gasteiger partial charge in [-0.05, 0) is 49.2 Å². The van der Waals surface area contributed by atoms with Gasteiger partial charge in [-0.25, -0.2) is 0 Å². The predicted octanol–water partition coefficient (Wildman–Crippen LogP) is 1.97. The second kappa shape index (κ2) is 7.79. The van der Waals surface area contributed by atoms with E-state index in [2.05, 4.69) is 11.4 Å². The molecular formula is C19H25N2O2+. The molecule has 0 saturated carbocycles. The van der Waals surface area contributed by atoms with E-state index < -0.39 is 0 Å². The topological polar surface area (TPSA) is 42.8 Å². The van der Waals surface area contributed by atoms with Crippen LogP contribution >= 0.6 is 0 Å². The molecule has 0 heterocycles. The van der Waals surface area contributed by atoms with Gasteiger partial charge in [-0.3, -0.25) is 4.79 Å². The molecular weight excluding hydrogens is 288 g/mol. The smallest absolute Gasteiger partial charge is 0.279 e. The highest BCUT2D eigenvalue weighted by Gasteiger charge is 2.11. The van der Waals surface area contributed by atoms with Crippen LogP contribution in [0.4, 0.5) is 5.69 Å². The summed E-state index contributed by atoms with van der Waals surface area (Å²) in [5.74, 6) is 0.866. The first-order valence-electron chi connectivity index (χ1n) is 7.78. The molecule has 122 valence electrons. The van der Waals surface area contributed by atoms with E-state index in [-0.39, 0.29) is 5.91 Å². The molecule has 1 unspecified atom stereocenters. The summed E-state index contributed by atoms with van der Waals surface area (Å²) in [5.41, 5.74) is 4.32. The number of hydrogen-bond acceptors (Lipinski definition) is 2. The van der Waals surface area contributed by atoms with Gasteiger partial charge >= 0.3 is 0 Å². The summed E-state index contributed by atoms with van der Waals surface area (Å²) < 4.78 is 5.23. The number of anilines is 1. The number of methoxy groups -OCH3 is 1. The minimum absolute atomic E-state index is 0.0235. The van der Waals surface area contributed by atoms with Gasteiger partial charge in [-0.15, -0.1) is 0 Å². The molecule has 1 amide bonds. The minimum Gasteiger partial charge on any atom is -0.497 e. The fourth-order valence-corrected chi connectivity index (χ4v) is 2.72. The summed E-state index contributed by atoms with van der Waals surface area (Å²) in [6.45, 7) is 5.26. The van der Waals surface area contributed by atoms with Gasteiger partial charge in [0.15, 0.2) is 6.54 Å². The van der Waals surface area contributed by atoms with Crippen molar-refractivity contribution in [2.75, 3.05) is 26.0 Å². The standard InChI is InChI=1S/C19H24N2O2/c1-14-8-15(2)10-17(9-14)20-19(22)13-21(3)12-16-6-5-7-18(11-16)23-4/h5-11H,12-13H2,1-4H3,(H,20,22)/p+1. The number of carbonyl (C=O) groups is 1. The average molecular weight is 313 g/mol. The van der Waals surface area contributed by atoms with E-state index >= 15 is 0 Å². The lowest BCUT2D eigenvalue weighted by atomic mass is 10.1. The van der Waals surface area contributed by atoms with Gasteiger partial charge in [0.1, 0.15) is 12.3 Å². The van der Waals surface area contributed by atoms with Crippen LogP contribution in [0.1, 0.15) is 16.7 Å². The van der Waals surface area contributed by atoms with E-state index in [0.29, 0.717) is 6.54 Å². The number of benzene rings is 2. The van der Waals surface area contributed by atoms with Crippen LogP contribution in [0.25, 0.3) is 0 Å². The van der Waals surface area contributed by atoms with Gasteiger partial charge in [-0.2, -0.15) is 0 Å². The van der Waals surface area contributed by atoms with E-state index in [9.17, 15) is 4.79 Å². The molecule has 0 aliphatic carbocycles. The maximum atomic E-state index is 12.2. The van der Waals surface area contributed by atoms with Crippen molar-refractivity contribution in [3.05, 3.63) is 59.2 Å². The SMILES string of the molecule is COc1cccc(C[NH+](C)CC(=O)Nc2cc(C)cc(C)c2)c1. The van der Waals surface area contributed by atoms with Crippen LogP contribution < -0.4 is 15.0 Å².